The van der Waals surface area contributed by atoms with Gasteiger partial charge in [0.15, 0.2) is 0 Å². The van der Waals surface area contributed by atoms with Gasteiger partial charge in [-0.25, -0.2) is 0 Å². The molecule has 1 aliphatic carbocycles. The molecule has 15 heavy (non-hydrogen) atoms. The van der Waals surface area contributed by atoms with E-state index < -0.39 is 0 Å². The zero-order valence-corrected chi connectivity index (χ0v) is 8.40. The van der Waals surface area contributed by atoms with Gasteiger partial charge in [-0.05, 0) is 18.4 Å². The molecule has 3 heteroatoms. The van der Waals surface area contributed by atoms with E-state index in [1.165, 1.54) is 0 Å². The molecule has 76 valence electrons. The second-order valence-electron chi connectivity index (χ2n) is 4.18. The molecule has 3 N–H and O–H groups in total. The number of aromatic nitrogens is 2. The maximum absolute atomic E-state index is 6.19. The van der Waals surface area contributed by atoms with Crippen LogP contribution in [0.2, 0.25) is 0 Å². The Balaban J connectivity index is 2.10. The molecule has 1 aliphatic rings. The molecule has 1 saturated carbocycles. The number of benzene rings is 1. The molecule has 1 fully saturated rings. The van der Waals surface area contributed by atoms with Crippen LogP contribution in [-0.2, 0) is 5.54 Å². The molecule has 0 saturated heterocycles. The summed E-state index contributed by atoms with van der Waals surface area (Å²) in [6.07, 6.45) is 3.98. The molecule has 0 aliphatic heterocycles. The molecule has 3 nitrogen and oxygen atoms in total. The molecule has 0 spiro atoms. The Morgan fingerprint density at radius 3 is 2.60 bits per heavy atom. The molecule has 0 atom stereocenters. The van der Waals surface area contributed by atoms with Crippen molar-refractivity contribution in [2.24, 2.45) is 5.73 Å². The first-order chi connectivity index (χ1) is 7.30. The number of nitrogens with zero attached hydrogens (tertiary/aromatic N) is 1. The normalized spacial score (nSPS) is 17.7. The molecule has 0 radical (unpaired) electrons. The summed E-state index contributed by atoms with van der Waals surface area (Å²) in [6, 6.07) is 10.2. The lowest BCUT2D eigenvalue weighted by Gasteiger charge is -2.08. The summed E-state index contributed by atoms with van der Waals surface area (Å²) in [4.78, 5) is 0. The van der Waals surface area contributed by atoms with Gasteiger partial charge in [0.25, 0.3) is 0 Å². The molecular weight excluding hydrogens is 186 g/mol. The Labute approximate surface area is 88.3 Å². The van der Waals surface area contributed by atoms with E-state index in [2.05, 4.69) is 22.3 Å². The molecule has 0 unspecified atom stereocenters. The maximum Gasteiger partial charge on any atom is 0.0700 e. The van der Waals surface area contributed by atoms with Crippen molar-refractivity contribution in [1.82, 2.24) is 10.2 Å². The summed E-state index contributed by atoms with van der Waals surface area (Å²) in [5.74, 6) is 0. The van der Waals surface area contributed by atoms with E-state index in [0.29, 0.717) is 0 Å². The number of nitrogens with one attached hydrogen (secondary N) is 1. The molecule has 0 amide bonds. The van der Waals surface area contributed by atoms with Crippen LogP contribution in [0.3, 0.4) is 0 Å². The fourth-order valence-corrected chi connectivity index (χ4v) is 1.89. The highest BCUT2D eigenvalue weighted by Gasteiger charge is 2.42. The quantitative estimate of drug-likeness (QED) is 0.777. The van der Waals surface area contributed by atoms with Crippen molar-refractivity contribution in [1.29, 1.82) is 0 Å². The maximum atomic E-state index is 6.19. The third kappa shape index (κ3) is 1.36. The van der Waals surface area contributed by atoms with Gasteiger partial charge in [0.2, 0.25) is 0 Å². The van der Waals surface area contributed by atoms with Crippen LogP contribution in [0.25, 0.3) is 11.3 Å². The highest BCUT2D eigenvalue weighted by molar-refractivity contribution is 5.64. The SMILES string of the molecule is NC1(c2cn[nH]c2-c2ccccc2)CC1. The second kappa shape index (κ2) is 2.94. The van der Waals surface area contributed by atoms with Gasteiger partial charge in [0.05, 0.1) is 11.9 Å². The van der Waals surface area contributed by atoms with Crippen LogP contribution in [0.1, 0.15) is 18.4 Å². The lowest BCUT2D eigenvalue weighted by molar-refractivity contribution is 0.743. The van der Waals surface area contributed by atoms with Gasteiger partial charge in [-0.2, -0.15) is 5.10 Å². The van der Waals surface area contributed by atoms with Gasteiger partial charge in [0, 0.05) is 11.1 Å². The van der Waals surface area contributed by atoms with Crippen LogP contribution < -0.4 is 5.73 Å². The molecular formula is C12H13N3. The first kappa shape index (κ1) is 8.68. The third-order valence-electron chi connectivity index (χ3n) is 3.03. The molecule has 1 aromatic heterocycles. The lowest BCUT2D eigenvalue weighted by Crippen LogP contribution is -2.18. The highest BCUT2D eigenvalue weighted by Crippen LogP contribution is 2.45. The van der Waals surface area contributed by atoms with Gasteiger partial charge in [-0.15, -0.1) is 0 Å². The summed E-state index contributed by atoms with van der Waals surface area (Å²) in [7, 11) is 0. The monoisotopic (exact) mass is 199 g/mol. The molecule has 1 heterocycles. The largest absolute Gasteiger partial charge is 0.321 e. The number of hydrogen-bond donors (Lipinski definition) is 2. The molecule has 0 bridgehead atoms. The Hall–Kier alpha value is -1.61. The molecule has 2 aromatic rings. The Bertz CT molecular complexity index is 469. The van der Waals surface area contributed by atoms with Crippen LogP contribution in [0, 0.1) is 0 Å². The van der Waals surface area contributed by atoms with E-state index in [1.807, 2.05) is 24.4 Å². The predicted octanol–water partition coefficient (Wildman–Crippen LogP) is 2.02. The van der Waals surface area contributed by atoms with E-state index in [9.17, 15) is 0 Å². The number of nitrogens with two attached hydrogens (primary N) is 1. The minimum atomic E-state index is -0.127. The van der Waals surface area contributed by atoms with Crippen molar-refractivity contribution in [3.63, 3.8) is 0 Å². The summed E-state index contributed by atoms with van der Waals surface area (Å²) < 4.78 is 0. The lowest BCUT2D eigenvalue weighted by atomic mass is 10.0. The first-order valence-electron chi connectivity index (χ1n) is 5.18. The minimum Gasteiger partial charge on any atom is -0.321 e. The average molecular weight is 199 g/mol. The second-order valence-corrected chi connectivity index (χ2v) is 4.18. The van der Waals surface area contributed by atoms with Gasteiger partial charge in [-0.3, -0.25) is 5.10 Å². The van der Waals surface area contributed by atoms with E-state index in [-0.39, 0.29) is 5.54 Å². The van der Waals surface area contributed by atoms with Crippen molar-refractivity contribution in [3.05, 3.63) is 42.1 Å². The van der Waals surface area contributed by atoms with E-state index >= 15 is 0 Å². The van der Waals surface area contributed by atoms with Crippen LogP contribution in [0.15, 0.2) is 36.5 Å². The van der Waals surface area contributed by atoms with Gasteiger partial charge in [0.1, 0.15) is 0 Å². The van der Waals surface area contributed by atoms with Crippen molar-refractivity contribution in [2.75, 3.05) is 0 Å². The van der Waals surface area contributed by atoms with Crippen molar-refractivity contribution in [2.45, 2.75) is 18.4 Å². The van der Waals surface area contributed by atoms with Crippen molar-refractivity contribution < 1.29 is 0 Å². The first-order valence-corrected chi connectivity index (χ1v) is 5.18. The van der Waals surface area contributed by atoms with Gasteiger partial charge in [-0.1, -0.05) is 30.3 Å². The van der Waals surface area contributed by atoms with Crippen LogP contribution >= 0.6 is 0 Å². The Morgan fingerprint density at radius 1 is 1.20 bits per heavy atom. The topological polar surface area (TPSA) is 54.7 Å². The summed E-state index contributed by atoms with van der Waals surface area (Å²) in [5, 5.41) is 7.14. The van der Waals surface area contributed by atoms with E-state index in [4.69, 9.17) is 5.73 Å². The third-order valence-corrected chi connectivity index (χ3v) is 3.03. The van der Waals surface area contributed by atoms with Crippen molar-refractivity contribution >= 4 is 0 Å². The minimum absolute atomic E-state index is 0.127. The highest BCUT2D eigenvalue weighted by atomic mass is 15.1. The predicted molar refractivity (Wildman–Crippen MR) is 59.1 cm³/mol. The van der Waals surface area contributed by atoms with Crippen LogP contribution in [0.4, 0.5) is 0 Å². The fraction of sp³-hybridized carbons (Fsp3) is 0.250. The average Bonchev–Trinajstić information content (AvgIpc) is 2.85. The summed E-state index contributed by atoms with van der Waals surface area (Å²) in [5.41, 5.74) is 9.43. The molecule has 1 aromatic carbocycles. The summed E-state index contributed by atoms with van der Waals surface area (Å²) >= 11 is 0. The van der Waals surface area contributed by atoms with E-state index in [1.54, 1.807) is 0 Å². The summed E-state index contributed by atoms with van der Waals surface area (Å²) in [6.45, 7) is 0. The Morgan fingerprint density at radius 2 is 1.93 bits per heavy atom. The van der Waals surface area contributed by atoms with Crippen LogP contribution in [0.5, 0.6) is 0 Å². The van der Waals surface area contributed by atoms with Gasteiger partial charge < -0.3 is 5.73 Å². The van der Waals surface area contributed by atoms with Gasteiger partial charge >= 0.3 is 0 Å². The number of aromatic amines is 1. The zero-order valence-electron chi connectivity index (χ0n) is 8.40. The number of H-pyrrole nitrogens is 1. The molecule has 3 rings (SSSR count). The van der Waals surface area contributed by atoms with Crippen LogP contribution in [-0.4, -0.2) is 10.2 Å². The number of rotatable bonds is 2. The standard InChI is InChI=1S/C12H13N3/c13-12(6-7-12)10-8-14-15-11(10)9-4-2-1-3-5-9/h1-5,8H,6-7,13H2,(H,14,15). The van der Waals surface area contributed by atoms with Crippen molar-refractivity contribution in [3.8, 4) is 11.3 Å². The van der Waals surface area contributed by atoms with E-state index in [0.717, 1.165) is 29.7 Å². The number of hydrogen-bond acceptors (Lipinski definition) is 2. The zero-order chi connectivity index (χ0) is 10.3. The fourth-order valence-electron chi connectivity index (χ4n) is 1.89. The smallest absolute Gasteiger partial charge is 0.0700 e. The Kier molecular flexibility index (Phi) is 1.70.